The molecule has 0 saturated carbocycles. The van der Waals surface area contributed by atoms with Gasteiger partial charge in [-0.3, -0.25) is 9.69 Å². The number of esters is 1. The van der Waals surface area contributed by atoms with E-state index in [1.807, 2.05) is 50.1 Å². The van der Waals surface area contributed by atoms with Gasteiger partial charge >= 0.3 is 5.97 Å². The second kappa shape index (κ2) is 8.86. The van der Waals surface area contributed by atoms with Crippen LogP contribution in [0.15, 0.2) is 24.3 Å². The maximum absolute atomic E-state index is 12.9. The summed E-state index contributed by atoms with van der Waals surface area (Å²) in [5, 5.41) is 0. The smallest absolute Gasteiger partial charge is 0.339 e. The standard InChI is InChI=1S/C21H28N2O4/c1-13-7-9-17(10-8-13)27-12-11-23(5)16(4)20(24)19-14(2)18(15(3)22-19)21(25)26-6/h7-10,16,22H,11-12H2,1-6H3. The number of ketones is 1. The first-order valence-electron chi connectivity index (χ1n) is 8.97. The molecular formula is C21H28N2O4. The molecule has 1 aromatic heterocycles. The van der Waals surface area contributed by atoms with E-state index in [2.05, 4.69) is 4.98 Å². The molecule has 1 N–H and O–H groups in total. The number of H-pyrrole nitrogens is 1. The molecule has 1 aromatic carbocycles. The molecule has 6 nitrogen and oxygen atoms in total. The summed E-state index contributed by atoms with van der Waals surface area (Å²) in [4.78, 5) is 29.8. The number of carbonyl (C=O) groups is 2. The molecule has 1 atom stereocenters. The van der Waals surface area contributed by atoms with Gasteiger partial charge in [0.25, 0.3) is 0 Å². The van der Waals surface area contributed by atoms with Crippen LogP contribution < -0.4 is 4.74 Å². The SMILES string of the molecule is COC(=O)c1c(C)[nH]c(C(=O)C(C)N(C)CCOc2ccc(C)cc2)c1C. The topological polar surface area (TPSA) is 71.6 Å². The fourth-order valence-electron chi connectivity index (χ4n) is 2.95. The number of hydrogen-bond acceptors (Lipinski definition) is 5. The van der Waals surface area contributed by atoms with Crippen molar-refractivity contribution in [3.8, 4) is 5.75 Å². The summed E-state index contributed by atoms with van der Waals surface area (Å²) in [6.07, 6.45) is 0. The molecule has 0 aliphatic carbocycles. The predicted octanol–water partition coefficient (Wildman–Crippen LogP) is 3.31. The predicted molar refractivity (Wildman–Crippen MR) is 105 cm³/mol. The molecule has 1 heterocycles. The molecule has 2 rings (SSSR count). The highest BCUT2D eigenvalue weighted by Gasteiger charge is 2.27. The van der Waals surface area contributed by atoms with Crippen molar-refractivity contribution >= 4 is 11.8 Å². The van der Waals surface area contributed by atoms with Crippen LogP contribution in [0.5, 0.6) is 5.75 Å². The first-order valence-corrected chi connectivity index (χ1v) is 8.97. The van der Waals surface area contributed by atoms with Gasteiger partial charge in [0.2, 0.25) is 0 Å². The molecule has 1 unspecified atom stereocenters. The van der Waals surface area contributed by atoms with E-state index in [0.29, 0.717) is 35.7 Å². The maximum Gasteiger partial charge on any atom is 0.339 e. The molecule has 0 radical (unpaired) electrons. The molecular weight excluding hydrogens is 344 g/mol. The number of rotatable bonds is 8. The van der Waals surface area contributed by atoms with Crippen molar-refractivity contribution in [3.05, 3.63) is 52.3 Å². The summed E-state index contributed by atoms with van der Waals surface area (Å²) in [6.45, 7) is 8.48. The number of aromatic nitrogens is 1. The molecule has 0 saturated heterocycles. The van der Waals surface area contributed by atoms with Crippen LogP contribution in [0.25, 0.3) is 0 Å². The largest absolute Gasteiger partial charge is 0.492 e. The highest BCUT2D eigenvalue weighted by atomic mass is 16.5. The number of aryl methyl sites for hydroxylation is 2. The fraction of sp³-hybridized carbons (Fsp3) is 0.429. The normalized spacial score (nSPS) is 12.1. The Hall–Kier alpha value is -2.60. The highest BCUT2D eigenvalue weighted by Crippen LogP contribution is 2.21. The first-order chi connectivity index (χ1) is 12.8. The van der Waals surface area contributed by atoms with Crippen LogP contribution in [0.2, 0.25) is 0 Å². The Morgan fingerprint density at radius 3 is 2.37 bits per heavy atom. The van der Waals surface area contributed by atoms with E-state index in [4.69, 9.17) is 9.47 Å². The molecule has 0 fully saturated rings. The van der Waals surface area contributed by atoms with Crippen LogP contribution in [0.1, 0.15) is 44.6 Å². The van der Waals surface area contributed by atoms with Crippen LogP contribution in [-0.4, -0.2) is 55.0 Å². The summed E-state index contributed by atoms with van der Waals surface area (Å²) in [5.74, 6) is 0.308. The molecule has 0 bridgehead atoms. The van der Waals surface area contributed by atoms with E-state index >= 15 is 0 Å². The number of benzene rings is 1. The van der Waals surface area contributed by atoms with E-state index in [9.17, 15) is 9.59 Å². The van der Waals surface area contributed by atoms with Crippen molar-refractivity contribution in [2.24, 2.45) is 0 Å². The first kappa shape index (κ1) is 20.7. The average molecular weight is 372 g/mol. The van der Waals surface area contributed by atoms with E-state index in [1.54, 1.807) is 13.8 Å². The lowest BCUT2D eigenvalue weighted by atomic mass is 10.0. The minimum Gasteiger partial charge on any atom is -0.492 e. The number of carbonyl (C=O) groups excluding carboxylic acids is 2. The van der Waals surface area contributed by atoms with E-state index < -0.39 is 5.97 Å². The third kappa shape index (κ3) is 4.77. The van der Waals surface area contributed by atoms with Crippen LogP contribution in [0.3, 0.4) is 0 Å². The lowest BCUT2D eigenvalue weighted by Crippen LogP contribution is -2.38. The van der Waals surface area contributed by atoms with Crippen molar-refractivity contribution < 1.29 is 19.1 Å². The van der Waals surface area contributed by atoms with Gasteiger partial charge in [-0.1, -0.05) is 17.7 Å². The second-order valence-electron chi connectivity index (χ2n) is 6.80. The molecule has 0 aliphatic rings. The molecule has 6 heteroatoms. The number of methoxy groups -OCH3 is 1. The summed E-state index contributed by atoms with van der Waals surface area (Å²) in [5.41, 5.74) is 3.33. The molecule has 2 aromatic rings. The van der Waals surface area contributed by atoms with Gasteiger partial charge in [-0.05, 0) is 52.4 Å². The monoisotopic (exact) mass is 372 g/mol. The zero-order valence-electron chi connectivity index (χ0n) is 16.9. The number of Topliss-reactive ketones (excluding diaryl/α,β-unsaturated/α-hetero) is 1. The number of likely N-dealkylation sites (N-methyl/N-ethyl adjacent to an activating group) is 1. The van der Waals surface area contributed by atoms with Crippen LogP contribution in [0.4, 0.5) is 0 Å². The number of aromatic amines is 1. The zero-order valence-corrected chi connectivity index (χ0v) is 16.9. The third-order valence-corrected chi connectivity index (χ3v) is 4.85. The minimum absolute atomic E-state index is 0.0661. The van der Waals surface area contributed by atoms with Crippen molar-refractivity contribution in [3.63, 3.8) is 0 Å². The van der Waals surface area contributed by atoms with Gasteiger partial charge in [-0.25, -0.2) is 4.79 Å². The van der Waals surface area contributed by atoms with Crippen LogP contribution >= 0.6 is 0 Å². The number of nitrogens with one attached hydrogen (secondary N) is 1. The van der Waals surface area contributed by atoms with Gasteiger partial charge in [-0.2, -0.15) is 0 Å². The highest BCUT2D eigenvalue weighted by molar-refractivity contribution is 6.03. The Kier molecular flexibility index (Phi) is 6.80. The summed E-state index contributed by atoms with van der Waals surface area (Å²) in [6, 6.07) is 7.52. The van der Waals surface area contributed by atoms with Gasteiger partial charge in [0, 0.05) is 12.2 Å². The lowest BCUT2D eigenvalue weighted by Gasteiger charge is -2.23. The van der Waals surface area contributed by atoms with Crippen molar-refractivity contribution in [2.75, 3.05) is 27.3 Å². The lowest BCUT2D eigenvalue weighted by molar-refractivity contribution is 0.0599. The Labute approximate surface area is 160 Å². The van der Waals surface area contributed by atoms with Gasteiger partial charge in [-0.15, -0.1) is 0 Å². The van der Waals surface area contributed by atoms with E-state index in [1.165, 1.54) is 12.7 Å². The number of hydrogen-bond donors (Lipinski definition) is 1. The zero-order chi connectivity index (χ0) is 20.1. The minimum atomic E-state index is -0.437. The molecule has 0 aliphatic heterocycles. The van der Waals surface area contributed by atoms with Gasteiger partial charge in [0.1, 0.15) is 12.4 Å². The Morgan fingerprint density at radius 1 is 1.15 bits per heavy atom. The molecule has 27 heavy (non-hydrogen) atoms. The van der Waals surface area contributed by atoms with Crippen molar-refractivity contribution in [2.45, 2.75) is 33.7 Å². The van der Waals surface area contributed by atoms with E-state index in [0.717, 1.165) is 5.75 Å². The maximum atomic E-state index is 12.9. The Balaban J connectivity index is 1.99. The number of nitrogens with zero attached hydrogens (tertiary/aromatic N) is 1. The summed E-state index contributed by atoms with van der Waals surface area (Å²) < 4.78 is 10.5. The molecule has 0 spiro atoms. The van der Waals surface area contributed by atoms with Crippen LogP contribution in [-0.2, 0) is 4.74 Å². The molecule has 146 valence electrons. The van der Waals surface area contributed by atoms with Gasteiger partial charge in [0.15, 0.2) is 5.78 Å². The Morgan fingerprint density at radius 2 is 1.78 bits per heavy atom. The number of ether oxygens (including phenoxy) is 2. The average Bonchev–Trinajstić information content (AvgIpc) is 2.95. The summed E-state index contributed by atoms with van der Waals surface area (Å²) in [7, 11) is 3.22. The third-order valence-electron chi connectivity index (χ3n) is 4.85. The van der Waals surface area contributed by atoms with Crippen molar-refractivity contribution in [1.82, 2.24) is 9.88 Å². The fourth-order valence-corrected chi connectivity index (χ4v) is 2.95. The van der Waals surface area contributed by atoms with E-state index in [-0.39, 0.29) is 11.8 Å². The van der Waals surface area contributed by atoms with Crippen LogP contribution in [0, 0.1) is 20.8 Å². The molecule has 0 amide bonds. The summed E-state index contributed by atoms with van der Waals surface area (Å²) >= 11 is 0. The second-order valence-corrected chi connectivity index (χ2v) is 6.80. The van der Waals surface area contributed by atoms with Crippen molar-refractivity contribution in [1.29, 1.82) is 0 Å². The van der Waals surface area contributed by atoms with Gasteiger partial charge < -0.3 is 14.5 Å². The quantitative estimate of drug-likeness (QED) is 0.569. The Bertz CT molecular complexity index is 808. The van der Waals surface area contributed by atoms with Gasteiger partial charge in [0.05, 0.1) is 24.4 Å².